The maximum Gasteiger partial charge on any atom is 0.221 e. The van der Waals surface area contributed by atoms with E-state index < -0.39 is 15.4 Å². The minimum atomic E-state index is -3.10. The van der Waals surface area contributed by atoms with Crippen LogP contribution in [0.2, 0.25) is 0 Å². The zero-order chi connectivity index (χ0) is 15.4. The van der Waals surface area contributed by atoms with E-state index >= 15 is 0 Å². The van der Waals surface area contributed by atoms with E-state index in [9.17, 15) is 13.2 Å². The topological polar surface area (TPSA) is 63.2 Å². The van der Waals surface area contributed by atoms with Crippen molar-refractivity contribution in [3.63, 3.8) is 0 Å². The van der Waals surface area contributed by atoms with E-state index in [0.29, 0.717) is 6.42 Å². The van der Waals surface area contributed by atoms with Crippen LogP contribution >= 0.6 is 0 Å². The molecule has 0 fully saturated rings. The lowest BCUT2D eigenvalue weighted by Gasteiger charge is -2.26. The number of hydrogen-bond donors (Lipinski definition) is 1. The Morgan fingerprint density at radius 3 is 2.25 bits per heavy atom. The molecule has 0 spiro atoms. The summed E-state index contributed by atoms with van der Waals surface area (Å²) >= 11 is 0. The molecule has 1 amide bonds. The maximum atomic E-state index is 11.8. The summed E-state index contributed by atoms with van der Waals surface area (Å²) in [5, 5.41) is 2.89. The fourth-order valence-corrected chi connectivity index (χ4v) is 2.53. The standard InChI is InChI=1S/C15H23NO3S/c1-12-5-7-13(8-6-12)11-15(2,3)16-14(17)9-10-20(4,18)19/h5-8H,9-11H2,1-4H3,(H,16,17). The maximum absolute atomic E-state index is 11.8. The summed E-state index contributed by atoms with van der Waals surface area (Å²) < 4.78 is 22.1. The predicted molar refractivity (Wildman–Crippen MR) is 81.4 cm³/mol. The fourth-order valence-electron chi connectivity index (χ4n) is 1.98. The van der Waals surface area contributed by atoms with Gasteiger partial charge in [0.1, 0.15) is 9.84 Å². The van der Waals surface area contributed by atoms with Crippen molar-refractivity contribution in [3.05, 3.63) is 35.4 Å². The van der Waals surface area contributed by atoms with Gasteiger partial charge in [-0.05, 0) is 32.8 Å². The molecular formula is C15H23NO3S. The van der Waals surface area contributed by atoms with Gasteiger partial charge < -0.3 is 5.32 Å². The molecule has 1 aromatic rings. The number of sulfone groups is 1. The molecule has 0 aromatic heterocycles. The molecule has 1 N–H and O–H groups in total. The summed E-state index contributed by atoms with van der Waals surface area (Å²) in [7, 11) is -3.10. The Morgan fingerprint density at radius 1 is 1.20 bits per heavy atom. The third-order valence-electron chi connectivity index (χ3n) is 2.94. The van der Waals surface area contributed by atoms with Crippen LogP contribution in [0.25, 0.3) is 0 Å². The summed E-state index contributed by atoms with van der Waals surface area (Å²) in [6.45, 7) is 5.90. The molecule has 1 rings (SSSR count). The molecule has 0 saturated carbocycles. The van der Waals surface area contributed by atoms with Gasteiger partial charge in [-0.15, -0.1) is 0 Å². The van der Waals surface area contributed by atoms with Gasteiger partial charge >= 0.3 is 0 Å². The predicted octanol–water partition coefficient (Wildman–Crippen LogP) is 1.87. The van der Waals surface area contributed by atoms with Crippen molar-refractivity contribution in [2.45, 2.75) is 39.2 Å². The Bertz CT molecular complexity index is 559. The molecule has 0 aliphatic rings. The number of carbonyl (C=O) groups excluding carboxylic acids is 1. The fraction of sp³-hybridized carbons (Fsp3) is 0.533. The van der Waals surface area contributed by atoms with Gasteiger partial charge in [-0.25, -0.2) is 8.42 Å². The molecular weight excluding hydrogens is 274 g/mol. The highest BCUT2D eigenvalue weighted by molar-refractivity contribution is 7.90. The van der Waals surface area contributed by atoms with Crippen LogP contribution in [-0.2, 0) is 21.1 Å². The van der Waals surface area contributed by atoms with Gasteiger partial charge in [0, 0.05) is 18.2 Å². The lowest BCUT2D eigenvalue weighted by Crippen LogP contribution is -2.45. The lowest BCUT2D eigenvalue weighted by atomic mass is 9.94. The van der Waals surface area contributed by atoms with Gasteiger partial charge in [0.2, 0.25) is 5.91 Å². The number of amides is 1. The van der Waals surface area contributed by atoms with Crippen LogP contribution in [0.5, 0.6) is 0 Å². The zero-order valence-corrected chi connectivity index (χ0v) is 13.4. The van der Waals surface area contributed by atoms with Crippen molar-refractivity contribution in [1.29, 1.82) is 0 Å². The third-order valence-corrected chi connectivity index (χ3v) is 3.89. The van der Waals surface area contributed by atoms with E-state index in [1.54, 1.807) is 0 Å². The molecule has 0 aliphatic heterocycles. The number of benzene rings is 1. The summed E-state index contributed by atoms with van der Waals surface area (Å²) in [5.41, 5.74) is 1.94. The number of hydrogen-bond acceptors (Lipinski definition) is 3. The van der Waals surface area contributed by atoms with E-state index in [2.05, 4.69) is 5.32 Å². The molecule has 112 valence electrons. The van der Waals surface area contributed by atoms with E-state index in [-0.39, 0.29) is 18.1 Å². The van der Waals surface area contributed by atoms with Crippen LogP contribution in [-0.4, -0.2) is 31.9 Å². The van der Waals surface area contributed by atoms with Crippen molar-refractivity contribution < 1.29 is 13.2 Å². The van der Waals surface area contributed by atoms with Crippen LogP contribution in [0.4, 0.5) is 0 Å². The van der Waals surface area contributed by atoms with Gasteiger partial charge in [-0.3, -0.25) is 4.79 Å². The highest BCUT2D eigenvalue weighted by Crippen LogP contribution is 2.13. The minimum absolute atomic E-state index is 0.0101. The molecule has 5 heteroatoms. The molecule has 0 heterocycles. The van der Waals surface area contributed by atoms with Crippen LogP contribution < -0.4 is 5.32 Å². The van der Waals surface area contributed by atoms with Crippen LogP contribution in [0.15, 0.2) is 24.3 Å². The molecule has 20 heavy (non-hydrogen) atoms. The van der Waals surface area contributed by atoms with E-state index in [4.69, 9.17) is 0 Å². The third kappa shape index (κ3) is 6.70. The summed E-state index contributed by atoms with van der Waals surface area (Å²) in [6, 6.07) is 8.16. The zero-order valence-electron chi connectivity index (χ0n) is 12.6. The Hall–Kier alpha value is -1.36. The summed E-state index contributed by atoms with van der Waals surface area (Å²) in [6.07, 6.45) is 1.85. The smallest absolute Gasteiger partial charge is 0.221 e. The second-order valence-electron chi connectivity index (χ2n) is 5.97. The quantitative estimate of drug-likeness (QED) is 0.872. The Kier molecular flexibility index (Phi) is 5.34. The first-order valence-electron chi connectivity index (χ1n) is 6.62. The second kappa shape index (κ2) is 6.39. The lowest BCUT2D eigenvalue weighted by molar-refractivity contribution is -0.122. The molecule has 0 saturated heterocycles. The first kappa shape index (κ1) is 16.7. The summed E-state index contributed by atoms with van der Waals surface area (Å²) in [5.74, 6) is -0.341. The largest absolute Gasteiger partial charge is 0.351 e. The average molecular weight is 297 g/mol. The Balaban J connectivity index is 2.56. The van der Waals surface area contributed by atoms with E-state index in [1.165, 1.54) is 5.56 Å². The highest BCUT2D eigenvalue weighted by Gasteiger charge is 2.21. The second-order valence-corrected chi connectivity index (χ2v) is 8.23. The van der Waals surface area contributed by atoms with Crippen LogP contribution in [0, 0.1) is 6.92 Å². The van der Waals surface area contributed by atoms with Crippen molar-refractivity contribution in [3.8, 4) is 0 Å². The number of nitrogens with one attached hydrogen (secondary N) is 1. The summed E-state index contributed by atoms with van der Waals surface area (Å²) in [4.78, 5) is 11.8. The molecule has 0 atom stereocenters. The van der Waals surface area contributed by atoms with Gasteiger partial charge in [-0.1, -0.05) is 29.8 Å². The van der Waals surface area contributed by atoms with E-state index in [0.717, 1.165) is 11.8 Å². The minimum Gasteiger partial charge on any atom is -0.351 e. The highest BCUT2D eigenvalue weighted by atomic mass is 32.2. The molecule has 1 aromatic carbocycles. The SMILES string of the molecule is Cc1ccc(CC(C)(C)NC(=O)CCS(C)(=O)=O)cc1. The number of aryl methyl sites for hydroxylation is 1. The average Bonchev–Trinajstić information content (AvgIpc) is 2.28. The molecule has 0 unspecified atom stereocenters. The van der Waals surface area contributed by atoms with Crippen molar-refractivity contribution >= 4 is 15.7 Å². The first-order chi connectivity index (χ1) is 9.07. The monoisotopic (exact) mass is 297 g/mol. The molecule has 0 radical (unpaired) electrons. The molecule has 0 bridgehead atoms. The van der Waals surface area contributed by atoms with Gasteiger partial charge in [0.25, 0.3) is 0 Å². The Labute approximate surface area is 121 Å². The van der Waals surface area contributed by atoms with Gasteiger partial charge in [0.15, 0.2) is 0 Å². The number of carbonyl (C=O) groups is 1. The van der Waals surface area contributed by atoms with Crippen molar-refractivity contribution in [1.82, 2.24) is 5.32 Å². The molecule has 0 aliphatic carbocycles. The number of rotatable bonds is 6. The van der Waals surface area contributed by atoms with Gasteiger partial charge in [0.05, 0.1) is 5.75 Å². The van der Waals surface area contributed by atoms with Gasteiger partial charge in [-0.2, -0.15) is 0 Å². The molecule has 4 nitrogen and oxygen atoms in total. The van der Waals surface area contributed by atoms with Crippen LogP contribution in [0.1, 0.15) is 31.4 Å². The van der Waals surface area contributed by atoms with Crippen molar-refractivity contribution in [2.24, 2.45) is 0 Å². The van der Waals surface area contributed by atoms with E-state index in [1.807, 2.05) is 45.0 Å². The van der Waals surface area contributed by atoms with Crippen molar-refractivity contribution in [2.75, 3.05) is 12.0 Å². The Morgan fingerprint density at radius 2 is 1.75 bits per heavy atom. The normalized spacial score (nSPS) is 12.2. The first-order valence-corrected chi connectivity index (χ1v) is 8.68. The van der Waals surface area contributed by atoms with Crippen LogP contribution in [0.3, 0.4) is 0 Å².